The standard InChI is InChI=1S/C10H21NO3S/c1-9(2)15(13,14)7-6-11-5-3-4-10(11)8-12/h9-10,12H,3-8H2,1-2H3/t10-/m1/s1. The summed E-state index contributed by atoms with van der Waals surface area (Å²) < 4.78 is 23.2. The second kappa shape index (κ2) is 5.27. The molecule has 1 N–H and O–H groups in total. The summed E-state index contributed by atoms with van der Waals surface area (Å²) in [7, 11) is -2.94. The molecule has 1 atom stereocenters. The van der Waals surface area contributed by atoms with Crippen molar-refractivity contribution in [2.75, 3.05) is 25.4 Å². The van der Waals surface area contributed by atoms with E-state index < -0.39 is 9.84 Å². The summed E-state index contributed by atoms with van der Waals surface area (Å²) in [6, 6.07) is 0.173. The van der Waals surface area contributed by atoms with Crippen LogP contribution in [0.15, 0.2) is 0 Å². The molecule has 0 bridgehead atoms. The van der Waals surface area contributed by atoms with E-state index in [-0.39, 0.29) is 23.7 Å². The van der Waals surface area contributed by atoms with Gasteiger partial charge in [-0.1, -0.05) is 0 Å². The van der Waals surface area contributed by atoms with E-state index in [1.807, 2.05) is 0 Å². The maximum absolute atomic E-state index is 11.6. The fraction of sp³-hybridized carbons (Fsp3) is 1.00. The van der Waals surface area contributed by atoms with Crippen LogP contribution in [0.25, 0.3) is 0 Å². The highest BCUT2D eigenvalue weighted by atomic mass is 32.2. The van der Waals surface area contributed by atoms with Crippen LogP contribution in [0.5, 0.6) is 0 Å². The van der Waals surface area contributed by atoms with Crippen LogP contribution in [-0.4, -0.2) is 55.2 Å². The summed E-state index contributed by atoms with van der Waals surface area (Å²) in [5, 5.41) is 8.79. The van der Waals surface area contributed by atoms with Crippen LogP contribution >= 0.6 is 0 Å². The summed E-state index contributed by atoms with van der Waals surface area (Å²) >= 11 is 0. The van der Waals surface area contributed by atoms with Gasteiger partial charge in [-0.3, -0.25) is 4.90 Å². The van der Waals surface area contributed by atoms with Crippen LogP contribution in [0.3, 0.4) is 0 Å². The lowest BCUT2D eigenvalue weighted by atomic mass is 10.2. The van der Waals surface area contributed by atoms with Crippen LogP contribution in [-0.2, 0) is 9.84 Å². The fourth-order valence-electron chi connectivity index (χ4n) is 1.88. The van der Waals surface area contributed by atoms with E-state index in [1.165, 1.54) is 0 Å². The van der Waals surface area contributed by atoms with E-state index >= 15 is 0 Å². The summed E-state index contributed by atoms with van der Waals surface area (Å²) in [6.07, 6.45) is 2.05. The van der Waals surface area contributed by atoms with Crippen LogP contribution < -0.4 is 0 Å². The lowest BCUT2D eigenvalue weighted by Gasteiger charge is -2.22. The number of hydrogen-bond acceptors (Lipinski definition) is 4. The van der Waals surface area contributed by atoms with Crippen molar-refractivity contribution in [2.45, 2.75) is 38.0 Å². The average molecular weight is 235 g/mol. The van der Waals surface area contributed by atoms with E-state index in [0.29, 0.717) is 6.54 Å². The molecule has 0 unspecified atom stereocenters. The van der Waals surface area contributed by atoms with Crippen LogP contribution in [0.1, 0.15) is 26.7 Å². The Kier molecular flexibility index (Phi) is 4.55. The van der Waals surface area contributed by atoms with Crippen molar-refractivity contribution in [3.05, 3.63) is 0 Å². The minimum atomic E-state index is -2.94. The first kappa shape index (κ1) is 12.9. The number of hydrogen-bond donors (Lipinski definition) is 1. The van der Waals surface area contributed by atoms with Gasteiger partial charge in [0.2, 0.25) is 0 Å². The SMILES string of the molecule is CC(C)S(=O)(=O)CCN1CCC[C@@H]1CO. The molecule has 5 heteroatoms. The van der Waals surface area contributed by atoms with Gasteiger partial charge in [0.25, 0.3) is 0 Å². The summed E-state index contributed by atoms with van der Waals surface area (Å²) in [5.74, 6) is 0.209. The Labute approximate surface area is 92.2 Å². The van der Waals surface area contributed by atoms with Crippen LogP contribution in [0, 0.1) is 0 Å². The number of aliphatic hydroxyl groups excluding tert-OH is 1. The maximum Gasteiger partial charge on any atom is 0.153 e. The second-order valence-corrected chi connectivity index (χ2v) is 7.11. The molecule has 1 rings (SSSR count). The third-order valence-corrected chi connectivity index (χ3v) is 5.28. The number of aliphatic hydroxyl groups is 1. The summed E-state index contributed by atoms with van der Waals surface area (Å²) in [6.45, 7) is 5.04. The minimum Gasteiger partial charge on any atom is -0.395 e. The molecule has 1 saturated heterocycles. The zero-order valence-electron chi connectivity index (χ0n) is 9.52. The first-order valence-corrected chi connectivity index (χ1v) is 7.25. The second-order valence-electron chi connectivity index (χ2n) is 4.43. The lowest BCUT2D eigenvalue weighted by molar-refractivity contribution is 0.165. The first-order chi connectivity index (χ1) is 6.97. The molecule has 4 nitrogen and oxygen atoms in total. The van der Waals surface area contributed by atoms with E-state index in [1.54, 1.807) is 13.8 Å². The zero-order chi connectivity index (χ0) is 11.5. The normalized spacial score (nSPS) is 23.9. The van der Waals surface area contributed by atoms with E-state index in [4.69, 9.17) is 5.11 Å². The molecule has 1 aliphatic rings. The third kappa shape index (κ3) is 3.43. The molecule has 0 aliphatic carbocycles. The molecule has 90 valence electrons. The Morgan fingerprint density at radius 1 is 1.47 bits per heavy atom. The number of nitrogens with zero attached hydrogens (tertiary/aromatic N) is 1. The number of likely N-dealkylation sites (tertiary alicyclic amines) is 1. The summed E-state index contributed by atoms with van der Waals surface area (Å²) in [4.78, 5) is 2.08. The Bertz CT molecular complexity index is 287. The van der Waals surface area contributed by atoms with Gasteiger partial charge in [0, 0.05) is 12.6 Å². The molecule has 0 saturated carbocycles. The van der Waals surface area contributed by atoms with Gasteiger partial charge in [0.1, 0.15) is 0 Å². The molecular formula is C10H21NO3S. The molecule has 1 fully saturated rings. The smallest absolute Gasteiger partial charge is 0.153 e. The van der Waals surface area contributed by atoms with Gasteiger partial charge in [-0.05, 0) is 33.2 Å². The fourth-order valence-corrected chi connectivity index (χ4v) is 2.84. The van der Waals surface area contributed by atoms with Crippen molar-refractivity contribution >= 4 is 9.84 Å². The molecule has 15 heavy (non-hydrogen) atoms. The Morgan fingerprint density at radius 3 is 2.67 bits per heavy atom. The lowest BCUT2D eigenvalue weighted by Crippen LogP contribution is -2.37. The van der Waals surface area contributed by atoms with E-state index in [2.05, 4.69) is 4.90 Å². The predicted octanol–water partition coefficient (Wildman–Crippen LogP) is 0.266. The quantitative estimate of drug-likeness (QED) is 0.743. The van der Waals surface area contributed by atoms with Gasteiger partial charge in [-0.25, -0.2) is 8.42 Å². The molecule has 0 aromatic heterocycles. The van der Waals surface area contributed by atoms with Crippen molar-refractivity contribution in [1.29, 1.82) is 0 Å². The number of sulfone groups is 1. The van der Waals surface area contributed by atoms with Crippen LogP contribution in [0.4, 0.5) is 0 Å². The Morgan fingerprint density at radius 2 is 2.13 bits per heavy atom. The van der Waals surface area contributed by atoms with Crippen molar-refractivity contribution in [2.24, 2.45) is 0 Å². The van der Waals surface area contributed by atoms with Crippen molar-refractivity contribution in [3.8, 4) is 0 Å². The number of rotatable bonds is 5. The zero-order valence-corrected chi connectivity index (χ0v) is 10.3. The largest absolute Gasteiger partial charge is 0.395 e. The van der Waals surface area contributed by atoms with Crippen molar-refractivity contribution in [3.63, 3.8) is 0 Å². The topological polar surface area (TPSA) is 57.6 Å². The van der Waals surface area contributed by atoms with Crippen LogP contribution in [0.2, 0.25) is 0 Å². The van der Waals surface area contributed by atoms with E-state index in [0.717, 1.165) is 19.4 Å². The Hall–Kier alpha value is -0.130. The molecule has 0 aromatic rings. The van der Waals surface area contributed by atoms with Crippen molar-refractivity contribution in [1.82, 2.24) is 4.90 Å². The molecule has 0 aromatic carbocycles. The highest BCUT2D eigenvalue weighted by molar-refractivity contribution is 7.92. The van der Waals surface area contributed by atoms with Gasteiger partial charge in [0.15, 0.2) is 9.84 Å². The van der Waals surface area contributed by atoms with Gasteiger partial charge >= 0.3 is 0 Å². The molecular weight excluding hydrogens is 214 g/mol. The monoisotopic (exact) mass is 235 g/mol. The molecule has 1 heterocycles. The third-order valence-electron chi connectivity index (χ3n) is 3.09. The van der Waals surface area contributed by atoms with Gasteiger partial charge in [-0.2, -0.15) is 0 Å². The predicted molar refractivity (Wildman–Crippen MR) is 60.6 cm³/mol. The molecule has 0 amide bonds. The maximum atomic E-state index is 11.6. The average Bonchev–Trinajstić information content (AvgIpc) is 2.61. The Balaban J connectivity index is 2.43. The van der Waals surface area contributed by atoms with E-state index in [9.17, 15) is 8.42 Å². The van der Waals surface area contributed by atoms with Gasteiger partial charge in [0.05, 0.1) is 17.6 Å². The summed E-state index contributed by atoms with van der Waals surface area (Å²) in [5.41, 5.74) is 0. The highest BCUT2D eigenvalue weighted by Gasteiger charge is 2.25. The first-order valence-electron chi connectivity index (χ1n) is 5.54. The minimum absolute atomic E-state index is 0.141. The van der Waals surface area contributed by atoms with Gasteiger partial charge in [-0.15, -0.1) is 0 Å². The van der Waals surface area contributed by atoms with Crippen molar-refractivity contribution < 1.29 is 13.5 Å². The molecule has 0 spiro atoms. The molecule has 1 aliphatic heterocycles. The highest BCUT2D eigenvalue weighted by Crippen LogP contribution is 2.16. The molecule has 0 radical (unpaired) electrons. The van der Waals surface area contributed by atoms with Gasteiger partial charge < -0.3 is 5.11 Å².